The summed E-state index contributed by atoms with van der Waals surface area (Å²) in [4.78, 5) is 13.2. The minimum absolute atomic E-state index is 0.0680. The summed E-state index contributed by atoms with van der Waals surface area (Å²) in [6.07, 6.45) is -0.287. The lowest BCUT2D eigenvalue weighted by Crippen LogP contribution is -2.31. The van der Waals surface area contributed by atoms with E-state index >= 15 is 0 Å². The number of nitrogen functional groups attached to an aromatic ring is 1. The van der Waals surface area contributed by atoms with Crippen molar-refractivity contribution in [2.24, 2.45) is 0 Å². The van der Waals surface area contributed by atoms with Gasteiger partial charge in [-0.3, -0.25) is 4.79 Å². The predicted molar refractivity (Wildman–Crippen MR) is 62.9 cm³/mol. The number of hydrogen-bond acceptors (Lipinski definition) is 3. The Bertz CT molecular complexity index is 477. The Labute approximate surface area is 103 Å². The lowest BCUT2D eigenvalue weighted by molar-refractivity contribution is 0.0120. The van der Waals surface area contributed by atoms with Crippen molar-refractivity contribution in [3.63, 3.8) is 0 Å². The Balaban J connectivity index is 2.19. The first kappa shape index (κ1) is 12.6. The van der Waals surface area contributed by atoms with E-state index in [0.717, 1.165) is 4.90 Å². The fraction of sp³-hybridized carbons (Fsp3) is 0.417. The van der Waals surface area contributed by atoms with Gasteiger partial charge in [-0.15, -0.1) is 0 Å². The Morgan fingerprint density at radius 3 is 2.78 bits per heavy atom. The van der Waals surface area contributed by atoms with Crippen molar-refractivity contribution in [1.29, 1.82) is 0 Å². The molecule has 1 aliphatic rings. The predicted octanol–water partition coefficient (Wildman–Crippen LogP) is 1.76. The molecule has 0 spiro atoms. The second-order valence-electron chi connectivity index (χ2n) is 4.29. The molecular weight excluding hydrogens is 242 g/mol. The lowest BCUT2D eigenvalue weighted by Gasteiger charge is -2.16. The van der Waals surface area contributed by atoms with Crippen molar-refractivity contribution in [3.05, 3.63) is 23.8 Å². The van der Waals surface area contributed by atoms with Crippen molar-refractivity contribution in [3.8, 4) is 5.75 Å². The second-order valence-corrected chi connectivity index (χ2v) is 4.29. The van der Waals surface area contributed by atoms with E-state index in [1.807, 2.05) is 0 Å². The third kappa shape index (κ3) is 2.37. The lowest BCUT2D eigenvalue weighted by atomic mass is 10.1. The highest BCUT2D eigenvalue weighted by atomic mass is 19.3. The SMILES string of the molecule is COc1cc(C(=O)N2CCC(F)(F)C2)ccc1N. The summed E-state index contributed by atoms with van der Waals surface area (Å²) in [5.74, 6) is -2.84. The van der Waals surface area contributed by atoms with Crippen molar-refractivity contribution < 1.29 is 18.3 Å². The van der Waals surface area contributed by atoms with Gasteiger partial charge in [0.1, 0.15) is 5.75 Å². The number of alkyl halides is 2. The van der Waals surface area contributed by atoms with Crippen LogP contribution >= 0.6 is 0 Å². The number of hydrogen-bond donors (Lipinski definition) is 1. The van der Waals surface area contributed by atoms with Gasteiger partial charge in [-0.2, -0.15) is 0 Å². The smallest absolute Gasteiger partial charge is 0.267 e. The highest BCUT2D eigenvalue weighted by Crippen LogP contribution is 2.29. The van der Waals surface area contributed by atoms with E-state index in [-0.39, 0.29) is 13.0 Å². The van der Waals surface area contributed by atoms with Crippen LogP contribution in [0.2, 0.25) is 0 Å². The number of carbonyl (C=O) groups excluding carboxylic acids is 1. The fourth-order valence-electron chi connectivity index (χ4n) is 1.94. The maximum absolute atomic E-state index is 13.0. The van der Waals surface area contributed by atoms with Gasteiger partial charge in [0.15, 0.2) is 0 Å². The number of carbonyl (C=O) groups is 1. The van der Waals surface area contributed by atoms with Crippen molar-refractivity contribution >= 4 is 11.6 Å². The van der Waals surface area contributed by atoms with Crippen LogP contribution in [-0.4, -0.2) is 36.9 Å². The van der Waals surface area contributed by atoms with Crippen molar-refractivity contribution in [1.82, 2.24) is 4.90 Å². The number of methoxy groups -OCH3 is 1. The molecule has 0 atom stereocenters. The van der Waals surface area contributed by atoms with Gasteiger partial charge in [-0.05, 0) is 18.2 Å². The maximum atomic E-state index is 13.0. The van der Waals surface area contributed by atoms with E-state index in [9.17, 15) is 13.6 Å². The summed E-state index contributed by atoms with van der Waals surface area (Å²) in [5, 5.41) is 0. The Morgan fingerprint density at radius 1 is 1.50 bits per heavy atom. The first-order chi connectivity index (χ1) is 8.43. The van der Waals surface area contributed by atoms with Gasteiger partial charge in [0.25, 0.3) is 11.8 Å². The number of ether oxygens (including phenoxy) is 1. The van der Waals surface area contributed by atoms with Crippen LogP contribution in [0.4, 0.5) is 14.5 Å². The van der Waals surface area contributed by atoms with Gasteiger partial charge >= 0.3 is 0 Å². The Kier molecular flexibility index (Phi) is 3.11. The summed E-state index contributed by atoms with van der Waals surface area (Å²) in [5.41, 5.74) is 6.33. The van der Waals surface area contributed by atoms with Crippen LogP contribution in [0.15, 0.2) is 18.2 Å². The van der Waals surface area contributed by atoms with E-state index in [4.69, 9.17) is 10.5 Å². The van der Waals surface area contributed by atoms with Gasteiger partial charge in [0.05, 0.1) is 19.3 Å². The largest absolute Gasteiger partial charge is 0.495 e. The first-order valence-electron chi connectivity index (χ1n) is 5.53. The van der Waals surface area contributed by atoms with Crippen LogP contribution in [0.1, 0.15) is 16.8 Å². The van der Waals surface area contributed by atoms with Gasteiger partial charge in [-0.1, -0.05) is 0 Å². The molecule has 1 aromatic rings. The van der Waals surface area contributed by atoms with Crippen molar-refractivity contribution in [2.45, 2.75) is 12.3 Å². The Morgan fingerprint density at radius 2 is 2.22 bits per heavy atom. The molecule has 0 radical (unpaired) electrons. The zero-order chi connectivity index (χ0) is 13.3. The van der Waals surface area contributed by atoms with Gasteiger partial charge in [-0.25, -0.2) is 8.78 Å². The van der Waals surface area contributed by atoms with E-state index < -0.39 is 18.4 Å². The minimum atomic E-state index is -2.78. The highest BCUT2D eigenvalue weighted by molar-refractivity contribution is 5.95. The topological polar surface area (TPSA) is 55.6 Å². The molecule has 2 N–H and O–H groups in total. The number of nitrogens with zero attached hydrogens (tertiary/aromatic N) is 1. The monoisotopic (exact) mass is 256 g/mol. The van der Waals surface area contributed by atoms with Gasteiger partial charge in [0, 0.05) is 18.5 Å². The molecule has 0 bridgehead atoms. The van der Waals surface area contributed by atoms with Gasteiger partial charge in [0.2, 0.25) is 0 Å². The Hall–Kier alpha value is -1.85. The molecule has 2 rings (SSSR count). The second kappa shape index (κ2) is 4.44. The molecule has 1 fully saturated rings. The third-order valence-corrected chi connectivity index (χ3v) is 2.94. The van der Waals surface area contributed by atoms with Crippen LogP contribution in [0.3, 0.4) is 0 Å². The van der Waals surface area contributed by atoms with E-state index in [2.05, 4.69) is 0 Å². The maximum Gasteiger partial charge on any atom is 0.267 e. The standard InChI is InChI=1S/C12H14F2N2O2/c1-18-10-6-8(2-3-9(10)15)11(17)16-5-4-12(13,14)7-16/h2-3,6H,4-5,7,15H2,1H3. The molecule has 4 nitrogen and oxygen atoms in total. The molecule has 0 saturated carbocycles. The molecule has 6 heteroatoms. The zero-order valence-corrected chi connectivity index (χ0v) is 9.95. The normalized spacial score (nSPS) is 17.8. The van der Waals surface area contributed by atoms with E-state index in [0.29, 0.717) is 17.0 Å². The van der Waals surface area contributed by atoms with Crippen LogP contribution in [-0.2, 0) is 0 Å². The molecule has 98 valence electrons. The minimum Gasteiger partial charge on any atom is -0.495 e. The number of amides is 1. The number of nitrogens with two attached hydrogens (primary N) is 1. The highest BCUT2D eigenvalue weighted by Gasteiger charge is 2.40. The number of rotatable bonds is 2. The molecule has 18 heavy (non-hydrogen) atoms. The number of benzene rings is 1. The molecule has 1 aromatic carbocycles. The third-order valence-electron chi connectivity index (χ3n) is 2.94. The molecule has 1 aliphatic heterocycles. The summed E-state index contributed by atoms with van der Waals surface area (Å²) in [6, 6.07) is 4.51. The van der Waals surface area contributed by atoms with Crippen LogP contribution in [0.25, 0.3) is 0 Å². The molecule has 0 unspecified atom stereocenters. The van der Waals surface area contributed by atoms with Crippen LogP contribution in [0, 0.1) is 0 Å². The summed E-state index contributed by atoms with van der Waals surface area (Å²) in [6.45, 7) is -0.461. The molecule has 1 saturated heterocycles. The summed E-state index contributed by atoms with van der Waals surface area (Å²) >= 11 is 0. The molecule has 1 heterocycles. The van der Waals surface area contributed by atoms with Gasteiger partial charge < -0.3 is 15.4 Å². The summed E-state index contributed by atoms with van der Waals surface area (Å²) < 4.78 is 31.1. The first-order valence-corrected chi connectivity index (χ1v) is 5.53. The van der Waals surface area contributed by atoms with Crippen LogP contribution < -0.4 is 10.5 Å². The average molecular weight is 256 g/mol. The molecular formula is C12H14F2N2O2. The summed E-state index contributed by atoms with van der Waals surface area (Å²) in [7, 11) is 1.43. The zero-order valence-electron chi connectivity index (χ0n) is 9.95. The molecule has 0 aliphatic carbocycles. The fourth-order valence-corrected chi connectivity index (χ4v) is 1.94. The number of halogens is 2. The van der Waals surface area contributed by atoms with E-state index in [1.165, 1.54) is 25.3 Å². The quantitative estimate of drug-likeness (QED) is 0.820. The van der Waals surface area contributed by atoms with Crippen LogP contribution in [0.5, 0.6) is 5.75 Å². The molecule has 0 aromatic heterocycles. The molecule has 1 amide bonds. The number of anilines is 1. The number of likely N-dealkylation sites (tertiary alicyclic amines) is 1. The van der Waals surface area contributed by atoms with E-state index in [1.54, 1.807) is 0 Å². The van der Waals surface area contributed by atoms with Crippen molar-refractivity contribution in [2.75, 3.05) is 25.9 Å². The average Bonchev–Trinajstić information content (AvgIpc) is 2.69.